The van der Waals surface area contributed by atoms with Crippen LogP contribution in [0.5, 0.6) is 0 Å². The molecule has 0 saturated heterocycles. The maximum absolute atomic E-state index is 2.58. The minimum atomic E-state index is -0.0385. The molecule has 3 nitrogen and oxygen atoms in total. The normalized spacial score (nSPS) is 13.4. The maximum Gasteiger partial charge on any atom is 0.252 e. The van der Waals surface area contributed by atoms with Crippen LogP contribution in [-0.2, 0) is 0 Å². The Labute approximate surface area is 333 Å². The number of nitrogens with zero attached hydrogens (tertiary/aromatic N) is 3. The number of para-hydroxylation sites is 5. The lowest BCUT2D eigenvalue weighted by molar-refractivity contribution is 1.24. The average molecular weight is 723 g/mol. The molecule has 5 heteroatoms. The Morgan fingerprint density at radius 3 is 1.40 bits per heavy atom. The molecule has 264 valence electrons. The van der Waals surface area contributed by atoms with E-state index in [1.54, 1.807) is 0 Å². The van der Waals surface area contributed by atoms with Crippen LogP contribution in [0.25, 0.3) is 10.8 Å². The maximum atomic E-state index is 2.58. The minimum Gasteiger partial charge on any atom is -0.312 e. The topological polar surface area (TPSA) is 9.72 Å². The van der Waals surface area contributed by atoms with E-state index in [0.29, 0.717) is 0 Å². The van der Waals surface area contributed by atoms with Gasteiger partial charge in [0.25, 0.3) is 6.71 Å². The number of rotatable bonds is 4. The zero-order chi connectivity index (χ0) is 37.5. The molecule has 0 spiro atoms. The molecule has 0 fully saturated rings. The summed E-state index contributed by atoms with van der Waals surface area (Å²) in [4.78, 5) is 7.65. The van der Waals surface area contributed by atoms with Gasteiger partial charge in [0.2, 0.25) is 6.71 Å². The third-order valence-corrected chi connectivity index (χ3v) is 12.3. The first-order valence-corrected chi connectivity index (χ1v) is 19.9. The van der Waals surface area contributed by atoms with Gasteiger partial charge in [-0.15, -0.1) is 0 Å². The van der Waals surface area contributed by atoms with Gasteiger partial charge in [0.05, 0.1) is 5.69 Å². The monoisotopic (exact) mass is 723 g/mol. The lowest BCUT2D eigenvalue weighted by Crippen LogP contribution is -2.66. The highest BCUT2D eigenvalue weighted by Crippen LogP contribution is 2.49. The fourth-order valence-electron chi connectivity index (χ4n) is 10.0. The molecule has 0 atom stereocenters. The lowest BCUT2D eigenvalue weighted by atomic mass is 9.30. The van der Waals surface area contributed by atoms with E-state index in [-0.39, 0.29) is 13.4 Å². The molecule has 0 amide bonds. The van der Waals surface area contributed by atoms with Crippen molar-refractivity contribution >= 4 is 108 Å². The molecule has 57 heavy (non-hydrogen) atoms. The Bertz CT molecular complexity index is 2990. The fraction of sp³-hybridized carbons (Fsp3) is 0. The van der Waals surface area contributed by atoms with Crippen molar-refractivity contribution < 1.29 is 0 Å². The van der Waals surface area contributed by atoms with Crippen molar-refractivity contribution in [3.63, 3.8) is 0 Å². The highest BCUT2D eigenvalue weighted by atomic mass is 15.2. The van der Waals surface area contributed by atoms with Gasteiger partial charge in [0, 0.05) is 50.9 Å². The predicted molar refractivity (Wildman–Crippen MR) is 244 cm³/mol. The summed E-state index contributed by atoms with van der Waals surface area (Å²) >= 11 is 0. The summed E-state index contributed by atoms with van der Waals surface area (Å²) in [6.07, 6.45) is 0. The van der Waals surface area contributed by atoms with Crippen molar-refractivity contribution in [2.45, 2.75) is 0 Å². The lowest BCUT2D eigenvalue weighted by Gasteiger charge is -2.48. The molecule has 0 bridgehead atoms. The van der Waals surface area contributed by atoms with Crippen LogP contribution in [0.15, 0.2) is 212 Å². The van der Waals surface area contributed by atoms with Gasteiger partial charge in [-0.1, -0.05) is 163 Å². The molecular formula is C52H35B2N3. The van der Waals surface area contributed by atoms with Crippen molar-refractivity contribution in [3.05, 3.63) is 212 Å². The van der Waals surface area contributed by atoms with E-state index >= 15 is 0 Å². The quantitative estimate of drug-likeness (QED) is 0.168. The van der Waals surface area contributed by atoms with Crippen molar-refractivity contribution in [3.8, 4) is 0 Å². The second-order valence-corrected chi connectivity index (χ2v) is 15.2. The van der Waals surface area contributed by atoms with Crippen LogP contribution in [-0.4, -0.2) is 13.4 Å². The summed E-state index contributed by atoms with van der Waals surface area (Å²) in [7, 11) is 0. The molecule has 3 heterocycles. The number of benzene rings is 9. The van der Waals surface area contributed by atoms with Crippen LogP contribution in [0, 0.1) is 0 Å². The van der Waals surface area contributed by atoms with Crippen LogP contribution in [0.4, 0.5) is 51.2 Å². The van der Waals surface area contributed by atoms with E-state index in [4.69, 9.17) is 0 Å². The smallest absolute Gasteiger partial charge is 0.252 e. The summed E-state index contributed by atoms with van der Waals surface area (Å²) in [5, 5.41) is 2.44. The number of fused-ring (bicyclic) bond motifs is 8. The first-order chi connectivity index (χ1) is 28.3. The van der Waals surface area contributed by atoms with Crippen molar-refractivity contribution in [1.29, 1.82) is 0 Å². The van der Waals surface area contributed by atoms with E-state index in [2.05, 4.69) is 227 Å². The first kappa shape index (κ1) is 32.1. The summed E-state index contributed by atoms with van der Waals surface area (Å²) < 4.78 is 0. The van der Waals surface area contributed by atoms with Crippen molar-refractivity contribution in [1.82, 2.24) is 0 Å². The molecule has 0 radical (unpaired) electrons. The predicted octanol–water partition coefficient (Wildman–Crippen LogP) is 9.22. The molecule has 9 aromatic carbocycles. The summed E-state index contributed by atoms with van der Waals surface area (Å²) in [6.45, 7) is -0.0179. The Balaban J connectivity index is 1.30. The SMILES string of the molecule is c1ccc(B2c3ccccc3N(c3cccc4ccccc34)c3cc4c5c(c32)N(c2ccccc2)c2ccccc2B5c2ccccc2N4c2ccccc2)cc1. The second kappa shape index (κ2) is 12.7. The molecule has 0 unspecified atom stereocenters. The Morgan fingerprint density at radius 1 is 0.298 bits per heavy atom. The van der Waals surface area contributed by atoms with E-state index < -0.39 is 0 Å². The van der Waals surface area contributed by atoms with E-state index in [1.807, 2.05) is 0 Å². The van der Waals surface area contributed by atoms with Gasteiger partial charge in [-0.05, 0) is 87.3 Å². The Morgan fingerprint density at radius 2 is 0.737 bits per heavy atom. The van der Waals surface area contributed by atoms with Gasteiger partial charge in [-0.3, -0.25) is 0 Å². The molecule has 9 aromatic rings. The van der Waals surface area contributed by atoms with Crippen LogP contribution in [0.3, 0.4) is 0 Å². The Hall–Kier alpha value is -7.23. The van der Waals surface area contributed by atoms with Crippen LogP contribution in [0.2, 0.25) is 0 Å². The van der Waals surface area contributed by atoms with Gasteiger partial charge in [-0.2, -0.15) is 0 Å². The summed E-state index contributed by atoms with van der Waals surface area (Å²) in [6, 6.07) is 78.4. The highest BCUT2D eigenvalue weighted by Gasteiger charge is 2.48. The highest BCUT2D eigenvalue weighted by molar-refractivity contribution is 7.03. The van der Waals surface area contributed by atoms with Crippen molar-refractivity contribution in [2.75, 3.05) is 14.7 Å². The zero-order valence-corrected chi connectivity index (χ0v) is 31.2. The average Bonchev–Trinajstić information content (AvgIpc) is 3.28. The van der Waals surface area contributed by atoms with Crippen LogP contribution >= 0.6 is 0 Å². The summed E-state index contributed by atoms with van der Waals surface area (Å²) in [5.74, 6) is 0. The van der Waals surface area contributed by atoms with Gasteiger partial charge in [-0.25, -0.2) is 0 Å². The number of hydrogen-bond donors (Lipinski definition) is 0. The Kier molecular flexibility index (Phi) is 7.12. The van der Waals surface area contributed by atoms with Gasteiger partial charge < -0.3 is 14.7 Å². The molecule has 0 saturated carbocycles. The zero-order valence-electron chi connectivity index (χ0n) is 31.2. The number of anilines is 9. The van der Waals surface area contributed by atoms with Crippen molar-refractivity contribution in [2.24, 2.45) is 0 Å². The fourth-order valence-corrected chi connectivity index (χ4v) is 10.0. The second-order valence-electron chi connectivity index (χ2n) is 15.2. The number of hydrogen-bond acceptors (Lipinski definition) is 3. The van der Waals surface area contributed by atoms with Crippen LogP contribution < -0.4 is 47.5 Å². The molecule has 3 aliphatic heterocycles. The van der Waals surface area contributed by atoms with Gasteiger partial charge >= 0.3 is 0 Å². The molecular weight excluding hydrogens is 688 g/mol. The minimum absolute atomic E-state index is 0.0206. The standard InChI is InChI=1S/C52H35B2N3/c1-4-21-37(22-5-1)53-41-28-12-17-33-47(41)57(44-34-18-20-36-19-10-11-27-40(36)44)49-35-48-51-52(50(49)53)56(39-25-8-3-9-26-39)46-32-16-14-30-43(46)54(51)42-29-13-15-31-45(42)55(48)38-23-6-2-7-24-38/h1-35H. The molecule has 0 aliphatic carbocycles. The van der Waals surface area contributed by atoms with E-state index in [0.717, 1.165) is 11.4 Å². The molecule has 3 aliphatic rings. The third-order valence-electron chi connectivity index (χ3n) is 12.3. The first-order valence-electron chi connectivity index (χ1n) is 19.9. The summed E-state index contributed by atoms with van der Waals surface area (Å²) in [5.41, 5.74) is 18.5. The largest absolute Gasteiger partial charge is 0.312 e. The molecule has 0 aromatic heterocycles. The van der Waals surface area contributed by atoms with Gasteiger partial charge in [0.15, 0.2) is 0 Å². The molecule has 0 N–H and O–H groups in total. The van der Waals surface area contributed by atoms with E-state index in [9.17, 15) is 0 Å². The van der Waals surface area contributed by atoms with E-state index in [1.165, 1.54) is 83.4 Å². The third kappa shape index (κ3) is 4.69. The van der Waals surface area contributed by atoms with Crippen LogP contribution in [0.1, 0.15) is 0 Å². The van der Waals surface area contributed by atoms with Gasteiger partial charge in [0.1, 0.15) is 0 Å². The molecule has 12 rings (SSSR count).